The van der Waals surface area contributed by atoms with Crippen LogP contribution in [0.15, 0.2) is 24.3 Å². The second-order valence-electron chi connectivity index (χ2n) is 4.66. The van der Waals surface area contributed by atoms with E-state index in [9.17, 15) is 14.0 Å². The smallest absolute Gasteiger partial charge is 0.239 e. The molecule has 0 saturated heterocycles. The van der Waals surface area contributed by atoms with E-state index in [1.807, 2.05) is 0 Å². The number of methoxy groups -OCH3 is 1. The van der Waals surface area contributed by atoms with Crippen molar-refractivity contribution in [1.82, 2.24) is 10.2 Å². The van der Waals surface area contributed by atoms with E-state index in [2.05, 4.69) is 5.32 Å². The third-order valence-electron chi connectivity index (χ3n) is 2.95. The summed E-state index contributed by atoms with van der Waals surface area (Å²) in [5.41, 5.74) is 0.389. The lowest BCUT2D eigenvalue weighted by Gasteiger charge is -2.21. The summed E-state index contributed by atoms with van der Waals surface area (Å²) in [5.74, 6) is -0.924. The minimum Gasteiger partial charge on any atom is -0.385 e. The van der Waals surface area contributed by atoms with Crippen LogP contribution >= 0.6 is 0 Å². The van der Waals surface area contributed by atoms with E-state index in [4.69, 9.17) is 4.74 Å². The molecule has 0 unspecified atom stereocenters. The number of nitrogens with one attached hydrogen (secondary N) is 1. The zero-order valence-corrected chi connectivity index (χ0v) is 12.4. The predicted octanol–water partition coefficient (Wildman–Crippen LogP) is 1.33. The molecular formula is C15H21FN2O3. The Morgan fingerprint density at radius 2 is 2.05 bits per heavy atom. The van der Waals surface area contributed by atoms with Crippen molar-refractivity contribution in [2.75, 3.05) is 26.8 Å². The molecule has 1 aromatic rings. The summed E-state index contributed by atoms with van der Waals surface area (Å²) in [4.78, 5) is 24.6. The first kappa shape index (κ1) is 17.1. The number of hydrogen-bond acceptors (Lipinski definition) is 3. The number of benzene rings is 1. The molecule has 0 aliphatic heterocycles. The Morgan fingerprint density at radius 3 is 2.67 bits per heavy atom. The van der Waals surface area contributed by atoms with Gasteiger partial charge in [0.05, 0.1) is 6.54 Å². The van der Waals surface area contributed by atoms with Crippen LogP contribution in [0.5, 0.6) is 0 Å². The lowest BCUT2D eigenvalue weighted by Crippen LogP contribution is -2.39. The molecule has 6 heteroatoms. The zero-order chi connectivity index (χ0) is 15.7. The molecule has 0 saturated carbocycles. The molecule has 0 radical (unpaired) electrons. The molecule has 0 fully saturated rings. The lowest BCUT2D eigenvalue weighted by molar-refractivity contribution is -0.134. The summed E-state index contributed by atoms with van der Waals surface area (Å²) in [7, 11) is 1.59. The van der Waals surface area contributed by atoms with Crippen LogP contribution in [0, 0.1) is 5.82 Å². The number of halogens is 1. The van der Waals surface area contributed by atoms with Gasteiger partial charge in [-0.2, -0.15) is 0 Å². The fourth-order valence-corrected chi connectivity index (χ4v) is 1.78. The summed E-state index contributed by atoms with van der Waals surface area (Å²) in [6.45, 7) is 2.40. The lowest BCUT2D eigenvalue weighted by atomic mass is 10.2. The van der Waals surface area contributed by atoms with Gasteiger partial charge in [-0.25, -0.2) is 4.39 Å². The molecule has 0 aliphatic rings. The van der Waals surface area contributed by atoms with Gasteiger partial charge in [-0.3, -0.25) is 9.59 Å². The maximum Gasteiger partial charge on any atom is 0.239 e. The molecule has 0 atom stereocenters. The Labute approximate surface area is 124 Å². The molecule has 1 rings (SSSR count). The molecule has 0 spiro atoms. The number of amides is 2. The Bertz CT molecular complexity index is 480. The number of carbonyl (C=O) groups is 2. The number of nitrogens with zero attached hydrogens (tertiary/aromatic N) is 1. The van der Waals surface area contributed by atoms with E-state index < -0.39 is 0 Å². The van der Waals surface area contributed by atoms with Crippen molar-refractivity contribution in [3.8, 4) is 0 Å². The molecule has 1 N–H and O–H groups in total. The molecule has 0 bridgehead atoms. The quantitative estimate of drug-likeness (QED) is 0.736. The maximum atomic E-state index is 13.6. The van der Waals surface area contributed by atoms with Crippen LogP contribution < -0.4 is 5.32 Å². The van der Waals surface area contributed by atoms with Gasteiger partial charge in [0.25, 0.3) is 0 Å². The Hall–Kier alpha value is -1.95. The molecular weight excluding hydrogens is 275 g/mol. The van der Waals surface area contributed by atoms with Crippen molar-refractivity contribution in [3.63, 3.8) is 0 Å². The van der Waals surface area contributed by atoms with Crippen molar-refractivity contribution in [2.24, 2.45) is 0 Å². The van der Waals surface area contributed by atoms with Crippen molar-refractivity contribution in [1.29, 1.82) is 0 Å². The van der Waals surface area contributed by atoms with Crippen molar-refractivity contribution in [3.05, 3.63) is 35.6 Å². The van der Waals surface area contributed by atoms with Crippen LogP contribution in [0.4, 0.5) is 4.39 Å². The third-order valence-corrected chi connectivity index (χ3v) is 2.95. The monoisotopic (exact) mass is 296 g/mol. The minimum atomic E-state index is -0.385. The molecule has 116 valence electrons. The summed E-state index contributed by atoms with van der Waals surface area (Å²) in [6.07, 6.45) is 0.704. The van der Waals surface area contributed by atoms with E-state index >= 15 is 0 Å². The number of ether oxygens (including phenoxy) is 1. The van der Waals surface area contributed by atoms with E-state index in [0.717, 1.165) is 0 Å². The van der Waals surface area contributed by atoms with E-state index in [1.165, 1.54) is 17.9 Å². The zero-order valence-electron chi connectivity index (χ0n) is 12.4. The van der Waals surface area contributed by atoms with Gasteiger partial charge in [0.1, 0.15) is 5.82 Å². The van der Waals surface area contributed by atoms with Gasteiger partial charge in [-0.1, -0.05) is 18.2 Å². The minimum absolute atomic E-state index is 0.0769. The van der Waals surface area contributed by atoms with Gasteiger partial charge in [-0.05, 0) is 12.5 Å². The topological polar surface area (TPSA) is 58.6 Å². The number of rotatable bonds is 8. The SMILES string of the molecule is COCCCNC(=O)CN(Cc1ccccc1F)C(C)=O. The molecule has 0 aromatic heterocycles. The molecule has 1 aromatic carbocycles. The first-order chi connectivity index (χ1) is 10.0. The highest BCUT2D eigenvalue weighted by Crippen LogP contribution is 2.09. The Balaban J connectivity index is 2.52. The third kappa shape index (κ3) is 6.35. The van der Waals surface area contributed by atoms with Gasteiger partial charge in [-0.15, -0.1) is 0 Å². The second-order valence-corrected chi connectivity index (χ2v) is 4.66. The van der Waals surface area contributed by atoms with Crippen LogP contribution in [0.25, 0.3) is 0 Å². The van der Waals surface area contributed by atoms with Gasteiger partial charge in [0.2, 0.25) is 11.8 Å². The first-order valence-electron chi connectivity index (χ1n) is 6.79. The standard InChI is InChI=1S/C15H21FN2O3/c1-12(19)18(10-13-6-3-4-7-14(13)16)11-15(20)17-8-5-9-21-2/h3-4,6-7H,5,8-11H2,1-2H3,(H,17,20). The van der Waals surface area contributed by atoms with Gasteiger partial charge >= 0.3 is 0 Å². The van der Waals surface area contributed by atoms with Crippen LogP contribution in [0.1, 0.15) is 18.9 Å². The van der Waals surface area contributed by atoms with Gasteiger partial charge in [0, 0.05) is 39.3 Å². The maximum absolute atomic E-state index is 13.6. The van der Waals surface area contributed by atoms with E-state index in [1.54, 1.807) is 25.3 Å². The summed E-state index contributed by atoms with van der Waals surface area (Å²) in [6, 6.07) is 6.21. The fourth-order valence-electron chi connectivity index (χ4n) is 1.78. The van der Waals surface area contributed by atoms with E-state index in [-0.39, 0.29) is 30.7 Å². The number of hydrogen-bond donors (Lipinski definition) is 1. The highest BCUT2D eigenvalue weighted by molar-refractivity contribution is 5.83. The number of carbonyl (C=O) groups excluding carboxylic acids is 2. The van der Waals surface area contributed by atoms with Crippen molar-refractivity contribution in [2.45, 2.75) is 19.9 Å². The highest BCUT2D eigenvalue weighted by atomic mass is 19.1. The molecule has 0 heterocycles. The Kier molecular flexibility index (Phi) is 7.39. The normalized spacial score (nSPS) is 10.2. The first-order valence-corrected chi connectivity index (χ1v) is 6.79. The predicted molar refractivity (Wildman–Crippen MR) is 77.0 cm³/mol. The van der Waals surface area contributed by atoms with Gasteiger partial charge < -0.3 is 15.0 Å². The van der Waals surface area contributed by atoms with Crippen LogP contribution in [0.2, 0.25) is 0 Å². The van der Waals surface area contributed by atoms with Crippen molar-refractivity contribution >= 4 is 11.8 Å². The molecule has 21 heavy (non-hydrogen) atoms. The van der Waals surface area contributed by atoms with Gasteiger partial charge in [0.15, 0.2) is 0 Å². The molecule has 2 amide bonds. The van der Waals surface area contributed by atoms with E-state index in [0.29, 0.717) is 25.1 Å². The largest absolute Gasteiger partial charge is 0.385 e. The summed E-state index contributed by atoms with van der Waals surface area (Å²) >= 11 is 0. The van der Waals surface area contributed by atoms with Crippen LogP contribution in [-0.2, 0) is 20.9 Å². The van der Waals surface area contributed by atoms with Crippen LogP contribution in [0.3, 0.4) is 0 Å². The molecule has 5 nitrogen and oxygen atoms in total. The molecule has 0 aliphatic carbocycles. The average molecular weight is 296 g/mol. The highest BCUT2D eigenvalue weighted by Gasteiger charge is 2.15. The summed E-state index contributed by atoms with van der Waals surface area (Å²) in [5, 5.41) is 2.70. The van der Waals surface area contributed by atoms with Crippen LogP contribution in [-0.4, -0.2) is 43.5 Å². The average Bonchev–Trinajstić information content (AvgIpc) is 2.45. The van der Waals surface area contributed by atoms with Crippen molar-refractivity contribution < 1.29 is 18.7 Å². The fraction of sp³-hybridized carbons (Fsp3) is 0.467. The summed E-state index contributed by atoms with van der Waals surface area (Å²) < 4.78 is 18.5. The second kappa shape index (κ2) is 9.07. The Morgan fingerprint density at radius 1 is 1.33 bits per heavy atom.